The van der Waals surface area contributed by atoms with Crippen molar-refractivity contribution in [3.8, 4) is 0 Å². The highest BCUT2D eigenvalue weighted by atomic mass is 35.5. The molecule has 0 unspecified atom stereocenters. The van der Waals surface area contributed by atoms with Crippen LogP contribution in [0.5, 0.6) is 0 Å². The summed E-state index contributed by atoms with van der Waals surface area (Å²) in [5.74, 6) is 1.06. The van der Waals surface area contributed by atoms with E-state index in [4.69, 9.17) is 11.6 Å². The van der Waals surface area contributed by atoms with Crippen LogP contribution in [0.1, 0.15) is 13.3 Å². The Balaban J connectivity index is 2.56. The van der Waals surface area contributed by atoms with Crippen LogP contribution in [0, 0.1) is 0 Å². The van der Waals surface area contributed by atoms with Crippen molar-refractivity contribution in [1.29, 1.82) is 0 Å². The van der Waals surface area contributed by atoms with E-state index in [2.05, 4.69) is 16.9 Å². The van der Waals surface area contributed by atoms with Crippen LogP contribution in [0.15, 0.2) is 17.4 Å². The van der Waals surface area contributed by atoms with Crippen molar-refractivity contribution in [2.24, 2.45) is 0 Å². The summed E-state index contributed by atoms with van der Waals surface area (Å²) in [6.45, 7) is 2.13. The Kier molecular flexibility index (Phi) is 3.66. The van der Waals surface area contributed by atoms with Crippen molar-refractivity contribution >= 4 is 23.4 Å². The van der Waals surface area contributed by atoms with Crippen LogP contribution >= 0.6 is 23.4 Å². The van der Waals surface area contributed by atoms with E-state index in [1.54, 1.807) is 18.0 Å². The number of thioether (sulfide) groups is 1. The number of rotatable bonds is 3. The van der Waals surface area contributed by atoms with E-state index in [0.717, 1.165) is 17.2 Å². The number of aromatic nitrogens is 2. The van der Waals surface area contributed by atoms with Gasteiger partial charge in [0.25, 0.3) is 0 Å². The third-order valence-electron chi connectivity index (χ3n) is 1.04. The van der Waals surface area contributed by atoms with Gasteiger partial charge in [0.1, 0.15) is 10.2 Å². The second-order valence-electron chi connectivity index (χ2n) is 2.03. The summed E-state index contributed by atoms with van der Waals surface area (Å²) in [6, 6.07) is 0. The van der Waals surface area contributed by atoms with Gasteiger partial charge in [0.2, 0.25) is 0 Å². The van der Waals surface area contributed by atoms with E-state index in [-0.39, 0.29) is 0 Å². The first kappa shape index (κ1) is 8.81. The van der Waals surface area contributed by atoms with Gasteiger partial charge in [-0.1, -0.05) is 18.5 Å². The average molecular weight is 189 g/mol. The van der Waals surface area contributed by atoms with Crippen LogP contribution in [0.25, 0.3) is 0 Å². The van der Waals surface area contributed by atoms with Gasteiger partial charge in [-0.25, -0.2) is 4.98 Å². The number of halogens is 1. The normalized spacial score (nSPS) is 10.0. The highest BCUT2D eigenvalue weighted by Gasteiger charge is 1.95. The number of hydrogen-bond donors (Lipinski definition) is 0. The maximum absolute atomic E-state index is 5.64. The van der Waals surface area contributed by atoms with Gasteiger partial charge in [-0.05, 0) is 12.2 Å². The molecule has 1 heterocycles. The first-order valence-electron chi connectivity index (χ1n) is 3.43. The zero-order valence-electron chi connectivity index (χ0n) is 6.25. The molecule has 4 heteroatoms. The highest BCUT2D eigenvalue weighted by Crippen LogP contribution is 2.16. The van der Waals surface area contributed by atoms with E-state index in [1.165, 1.54) is 6.20 Å². The minimum Gasteiger partial charge on any atom is -0.259 e. The van der Waals surface area contributed by atoms with Gasteiger partial charge >= 0.3 is 0 Å². The van der Waals surface area contributed by atoms with Crippen molar-refractivity contribution in [2.45, 2.75) is 18.4 Å². The number of hydrogen-bond acceptors (Lipinski definition) is 3. The minimum absolute atomic E-state index is 0.464. The fourth-order valence-electron chi connectivity index (χ4n) is 0.602. The topological polar surface area (TPSA) is 25.8 Å². The predicted molar refractivity (Wildman–Crippen MR) is 48.1 cm³/mol. The summed E-state index contributed by atoms with van der Waals surface area (Å²) < 4.78 is 0. The molecule has 1 rings (SSSR count). The Morgan fingerprint density at radius 2 is 2.36 bits per heavy atom. The molecular formula is C7H9ClN2S. The van der Waals surface area contributed by atoms with Crippen LogP contribution in [-0.2, 0) is 0 Å². The molecule has 0 saturated carbocycles. The third-order valence-corrected chi connectivity index (χ3v) is 2.32. The van der Waals surface area contributed by atoms with Gasteiger partial charge in [-0.15, -0.1) is 11.8 Å². The molecular weight excluding hydrogens is 180 g/mol. The molecule has 11 heavy (non-hydrogen) atoms. The maximum atomic E-state index is 5.64. The number of nitrogens with zero attached hydrogens (tertiary/aromatic N) is 2. The van der Waals surface area contributed by atoms with Gasteiger partial charge in [-0.3, -0.25) is 4.98 Å². The quantitative estimate of drug-likeness (QED) is 0.683. The summed E-state index contributed by atoms with van der Waals surface area (Å²) >= 11 is 7.31. The second-order valence-corrected chi connectivity index (χ2v) is 3.53. The Morgan fingerprint density at radius 1 is 1.55 bits per heavy atom. The van der Waals surface area contributed by atoms with Crippen molar-refractivity contribution in [1.82, 2.24) is 9.97 Å². The van der Waals surface area contributed by atoms with E-state index >= 15 is 0 Å². The second kappa shape index (κ2) is 4.57. The van der Waals surface area contributed by atoms with Crippen LogP contribution in [0.4, 0.5) is 0 Å². The SMILES string of the molecule is CCCSc1cncc(Cl)n1. The first-order chi connectivity index (χ1) is 5.33. The molecule has 0 fully saturated rings. The van der Waals surface area contributed by atoms with Crippen LogP contribution < -0.4 is 0 Å². The van der Waals surface area contributed by atoms with Crippen LogP contribution in [0.2, 0.25) is 5.15 Å². The molecule has 0 amide bonds. The zero-order valence-corrected chi connectivity index (χ0v) is 7.82. The van der Waals surface area contributed by atoms with E-state index in [0.29, 0.717) is 5.15 Å². The Hall–Kier alpha value is -0.280. The monoisotopic (exact) mass is 188 g/mol. The van der Waals surface area contributed by atoms with E-state index < -0.39 is 0 Å². The lowest BCUT2D eigenvalue weighted by molar-refractivity contribution is 1.04. The molecule has 0 radical (unpaired) electrons. The molecule has 60 valence electrons. The van der Waals surface area contributed by atoms with Gasteiger partial charge in [0, 0.05) is 0 Å². The molecule has 2 nitrogen and oxygen atoms in total. The standard InChI is InChI=1S/C7H9ClN2S/c1-2-3-11-7-5-9-4-6(8)10-7/h4-5H,2-3H2,1H3. The summed E-state index contributed by atoms with van der Waals surface area (Å²) in [5, 5.41) is 1.37. The largest absolute Gasteiger partial charge is 0.259 e. The predicted octanol–water partition coefficient (Wildman–Crippen LogP) is 2.63. The molecule has 0 bridgehead atoms. The van der Waals surface area contributed by atoms with Crippen molar-refractivity contribution in [2.75, 3.05) is 5.75 Å². The Labute approximate surface area is 75.4 Å². The van der Waals surface area contributed by atoms with Gasteiger partial charge in [0.15, 0.2) is 0 Å². The molecule has 0 atom stereocenters. The minimum atomic E-state index is 0.464. The highest BCUT2D eigenvalue weighted by molar-refractivity contribution is 7.99. The first-order valence-corrected chi connectivity index (χ1v) is 4.79. The van der Waals surface area contributed by atoms with Crippen LogP contribution in [-0.4, -0.2) is 15.7 Å². The summed E-state index contributed by atoms with van der Waals surface area (Å²) in [5.41, 5.74) is 0. The lowest BCUT2D eigenvalue weighted by Crippen LogP contribution is -1.84. The molecule has 1 aromatic rings. The fraction of sp³-hybridized carbons (Fsp3) is 0.429. The molecule has 0 aromatic carbocycles. The maximum Gasteiger partial charge on any atom is 0.148 e. The molecule has 0 saturated heterocycles. The Morgan fingerprint density at radius 3 is 3.00 bits per heavy atom. The lowest BCUT2D eigenvalue weighted by Gasteiger charge is -1.96. The van der Waals surface area contributed by atoms with Crippen molar-refractivity contribution in [3.63, 3.8) is 0 Å². The molecule has 0 aliphatic carbocycles. The molecule has 0 aliphatic rings. The average Bonchev–Trinajstić information content (AvgIpc) is 2.01. The fourth-order valence-corrected chi connectivity index (χ4v) is 1.51. The molecule has 0 aliphatic heterocycles. The summed E-state index contributed by atoms with van der Waals surface area (Å²) in [7, 11) is 0. The summed E-state index contributed by atoms with van der Waals surface area (Å²) in [6.07, 6.45) is 4.41. The lowest BCUT2D eigenvalue weighted by atomic mass is 10.6. The van der Waals surface area contributed by atoms with Crippen LogP contribution in [0.3, 0.4) is 0 Å². The smallest absolute Gasteiger partial charge is 0.148 e. The van der Waals surface area contributed by atoms with Gasteiger partial charge in [-0.2, -0.15) is 0 Å². The van der Waals surface area contributed by atoms with E-state index in [9.17, 15) is 0 Å². The molecule has 1 aromatic heterocycles. The van der Waals surface area contributed by atoms with Crippen molar-refractivity contribution in [3.05, 3.63) is 17.5 Å². The zero-order chi connectivity index (χ0) is 8.10. The van der Waals surface area contributed by atoms with Gasteiger partial charge in [0.05, 0.1) is 12.4 Å². The Bertz CT molecular complexity index is 229. The molecule has 0 N–H and O–H groups in total. The molecule has 0 spiro atoms. The third kappa shape index (κ3) is 3.08. The summed E-state index contributed by atoms with van der Waals surface area (Å²) in [4.78, 5) is 8.00. The van der Waals surface area contributed by atoms with Gasteiger partial charge < -0.3 is 0 Å². The van der Waals surface area contributed by atoms with E-state index in [1.807, 2.05) is 0 Å². The van der Waals surface area contributed by atoms with Crippen molar-refractivity contribution < 1.29 is 0 Å².